The second-order valence-corrected chi connectivity index (χ2v) is 6.10. The summed E-state index contributed by atoms with van der Waals surface area (Å²) >= 11 is 0. The molecule has 0 aliphatic carbocycles. The van der Waals surface area contributed by atoms with Crippen LogP contribution in [0.5, 0.6) is 0 Å². The topological polar surface area (TPSA) is 71.4 Å². The Balaban J connectivity index is 1.36. The number of pyridine rings is 1. The molecule has 2 N–H and O–H groups in total. The van der Waals surface area contributed by atoms with Gasteiger partial charge in [-0.1, -0.05) is 18.2 Å². The molecule has 0 spiro atoms. The van der Waals surface area contributed by atoms with Gasteiger partial charge >= 0.3 is 0 Å². The van der Waals surface area contributed by atoms with Crippen molar-refractivity contribution in [2.24, 2.45) is 5.73 Å². The molecule has 0 amide bonds. The van der Waals surface area contributed by atoms with E-state index in [1.165, 1.54) is 0 Å². The van der Waals surface area contributed by atoms with E-state index in [2.05, 4.69) is 25.8 Å². The average Bonchev–Trinajstić information content (AvgIpc) is 3.07. The number of anilines is 1. The molecule has 1 fully saturated rings. The Labute approximate surface area is 140 Å². The Morgan fingerprint density at radius 1 is 1.04 bits per heavy atom. The number of aromatic nitrogens is 2. The molecule has 0 bridgehead atoms. The zero-order valence-electron chi connectivity index (χ0n) is 13.5. The molecular formula is C18H21N5O. The number of nitrogens with zero attached hydrogens (tertiary/aromatic N) is 4. The lowest BCUT2D eigenvalue weighted by atomic mass is 10.2. The van der Waals surface area contributed by atoms with E-state index in [1.807, 2.05) is 42.6 Å². The first-order valence-corrected chi connectivity index (χ1v) is 8.29. The summed E-state index contributed by atoms with van der Waals surface area (Å²) in [6.07, 6.45) is 1.84. The molecule has 1 aliphatic rings. The van der Waals surface area contributed by atoms with Crippen LogP contribution >= 0.6 is 0 Å². The molecule has 1 unspecified atom stereocenters. The maximum Gasteiger partial charge on any atom is 0.213 e. The Bertz CT molecular complexity index is 762. The Morgan fingerprint density at radius 3 is 2.58 bits per heavy atom. The molecule has 0 radical (unpaired) electrons. The molecule has 1 aliphatic heterocycles. The highest BCUT2D eigenvalue weighted by molar-refractivity contribution is 5.72. The first-order chi connectivity index (χ1) is 11.8. The maximum absolute atomic E-state index is 6.31. The second-order valence-electron chi connectivity index (χ2n) is 6.10. The molecule has 1 saturated heterocycles. The molecule has 2 aromatic heterocycles. The van der Waals surface area contributed by atoms with Crippen molar-refractivity contribution in [2.75, 3.05) is 37.6 Å². The minimum Gasteiger partial charge on any atom is -0.439 e. The molecule has 0 saturated carbocycles. The molecule has 24 heavy (non-hydrogen) atoms. The van der Waals surface area contributed by atoms with E-state index >= 15 is 0 Å². The number of para-hydroxylation sites is 2. The van der Waals surface area contributed by atoms with Crippen LogP contribution in [0.25, 0.3) is 11.1 Å². The quantitative estimate of drug-likeness (QED) is 0.792. The minimum atomic E-state index is -0.209. The van der Waals surface area contributed by atoms with Gasteiger partial charge in [-0.2, -0.15) is 0 Å². The molecule has 6 nitrogen and oxygen atoms in total. The lowest BCUT2D eigenvalue weighted by Crippen LogP contribution is -2.48. The molecule has 1 atom stereocenters. The number of piperazine rings is 1. The molecular weight excluding hydrogens is 302 g/mol. The Kier molecular flexibility index (Phi) is 4.15. The standard InChI is InChI=1S/C18H21N5O/c19-14(18-21-15-5-1-2-6-16(15)24-18)13-22-9-11-23(12-10-22)17-7-3-4-8-20-17/h1-8,14H,9-13,19H2. The normalized spacial score (nSPS) is 17.3. The van der Waals surface area contributed by atoms with Gasteiger partial charge in [-0.3, -0.25) is 4.90 Å². The van der Waals surface area contributed by atoms with Gasteiger partial charge in [0.05, 0.1) is 6.04 Å². The smallest absolute Gasteiger partial charge is 0.213 e. The lowest BCUT2D eigenvalue weighted by molar-refractivity contribution is 0.232. The molecule has 3 aromatic rings. The summed E-state index contributed by atoms with van der Waals surface area (Å²) < 4.78 is 5.78. The number of hydrogen-bond acceptors (Lipinski definition) is 6. The maximum atomic E-state index is 6.31. The third-order valence-corrected chi connectivity index (χ3v) is 4.43. The van der Waals surface area contributed by atoms with Crippen molar-refractivity contribution in [3.05, 3.63) is 54.6 Å². The van der Waals surface area contributed by atoms with Crippen molar-refractivity contribution in [1.82, 2.24) is 14.9 Å². The molecule has 124 valence electrons. The van der Waals surface area contributed by atoms with Crippen LogP contribution < -0.4 is 10.6 Å². The summed E-state index contributed by atoms with van der Waals surface area (Å²) in [5.74, 6) is 1.66. The van der Waals surface area contributed by atoms with Gasteiger partial charge < -0.3 is 15.1 Å². The van der Waals surface area contributed by atoms with Gasteiger partial charge in [-0.25, -0.2) is 9.97 Å². The lowest BCUT2D eigenvalue weighted by Gasteiger charge is -2.36. The molecule has 3 heterocycles. The Morgan fingerprint density at radius 2 is 1.83 bits per heavy atom. The van der Waals surface area contributed by atoms with Gasteiger partial charge in [0.1, 0.15) is 11.3 Å². The van der Waals surface area contributed by atoms with Crippen molar-refractivity contribution < 1.29 is 4.42 Å². The Hall–Kier alpha value is -2.44. The largest absolute Gasteiger partial charge is 0.439 e. The van der Waals surface area contributed by atoms with E-state index in [1.54, 1.807) is 0 Å². The number of oxazole rings is 1. The minimum absolute atomic E-state index is 0.209. The van der Waals surface area contributed by atoms with E-state index in [0.717, 1.165) is 49.6 Å². The fourth-order valence-electron chi connectivity index (χ4n) is 3.11. The monoisotopic (exact) mass is 323 g/mol. The van der Waals surface area contributed by atoms with Gasteiger partial charge in [0.15, 0.2) is 5.58 Å². The van der Waals surface area contributed by atoms with Crippen LogP contribution in [0, 0.1) is 0 Å². The fourth-order valence-corrected chi connectivity index (χ4v) is 3.11. The van der Waals surface area contributed by atoms with Crippen molar-refractivity contribution in [2.45, 2.75) is 6.04 Å². The highest BCUT2D eigenvalue weighted by Gasteiger charge is 2.22. The summed E-state index contributed by atoms with van der Waals surface area (Å²) in [5, 5.41) is 0. The summed E-state index contributed by atoms with van der Waals surface area (Å²) in [6, 6.07) is 13.6. The van der Waals surface area contributed by atoms with E-state index < -0.39 is 0 Å². The number of fused-ring (bicyclic) bond motifs is 1. The van der Waals surface area contributed by atoms with Crippen molar-refractivity contribution in [3.8, 4) is 0 Å². The van der Waals surface area contributed by atoms with Crippen molar-refractivity contribution in [1.29, 1.82) is 0 Å². The van der Waals surface area contributed by atoms with E-state index in [0.29, 0.717) is 5.89 Å². The van der Waals surface area contributed by atoms with Crippen LogP contribution in [0.15, 0.2) is 53.1 Å². The molecule has 1 aromatic carbocycles. The van der Waals surface area contributed by atoms with Crippen LogP contribution in [-0.2, 0) is 0 Å². The highest BCUT2D eigenvalue weighted by Crippen LogP contribution is 2.20. The van der Waals surface area contributed by atoms with E-state index in [4.69, 9.17) is 10.2 Å². The summed E-state index contributed by atoms with van der Waals surface area (Å²) in [6.45, 7) is 4.59. The zero-order chi connectivity index (χ0) is 16.4. The van der Waals surface area contributed by atoms with E-state index in [-0.39, 0.29) is 6.04 Å². The summed E-state index contributed by atoms with van der Waals surface area (Å²) in [4.78, 5) is 13.6. The highest BCUT2D eigenvalue weighted by atomic mass is 16.3. The number of benzene rings is 1. The number of rotatable bonds is 4. The third kappa shape index (κ3) is 3.11. The molecule has 4 rings (SSSR count). The SMILES string of the molecule is NC(CN1CCN(c2ccccn2)CC1)c1nc2ccccc2o1. The van der Waals surface area contributed by atoms with Gasteiger partial charge in [-0.15, -0.1) is 0 Å². The van der Waals surface area contributed by atoms with Crippen LogP contribution in [0.2, 0.25) is 0 Å². The first kappa shape index (κ1) is 15.1. The number of hydrogen-bond donors (Lipinski definition) is 1. The van der Waals surface area contributed by atoms with Gasteiger partial charge in [0.2, 0.25) is 5.89 Å². The first-order valence-electron chi connectivity index (χ1n) is 8.29. The van der Waals surface area contributed by atoms with Gasteiger partial charge in [-0.05, 0) is 24.3 Å². The van der Waals surface area contributed by atoms with E-state index in [9.17, 15) is 0 Å². The molecule has 6 heteroatoms. The summed E-state index contributed by atoms with van der Waals surface area (Å²) in [7, 11) is 0. The van der Waals surface area contributed by atoms with Crippen molar-refractivity contribution >= 4 is 16.9 Å². The van der Waals surface area contributed by atoms with Crippen LogP contribution in [0.3, 0.4) is 0 Å². The second kappa shape index (κ2) is 6.59. The predicted octanol–water partition coefficient (Wildman–Crippen LogP) is 2.04. The van der Waals surface area contributed by atoms with Gasteiger partial charge in [0.25, 0.3) is 0 Å². The predicted molar refractivity (Wildman–Crippen MR) is 93.8 cm³/mol. The van der Waals surface area contributed by atoms with Gasteiger partial charge in [0, 0.05) is 38.9 Å². The van der Waals surface area contributed by atoms with Crippen LogP contribution in [0.4, 0.5) is 5.82 Å². The van der Waals surface area contributed by atoms with Crippen LogP contribution in [0.1, 0.15) is 11.9 Å². The average molecular weight is 323 g/mol. The third-order valence-electron chi connectivity index (χ3n) is 4.43. The zero-order valence-corrected chi connectivity index (χ0v) is 13.5. The summed E-state index contributed by atoms with van der Waals surface area (Å²) in [5.41, 5.74) is 7.97. The fraction of sp³-hybridized carbons (Fsp3) is 0.333. The number of nitrogens with two attached hydrogens (primary N) is 1. The van der Waals surface area contributed by atoms with Crippen molar-refractivity contribution in [3.63, 3.8) is 0 Å². The van der Waals surface area contributed by atoms with Crippen LogP contribution in [-0.4, -0.2) is 47.6 Å².